The van der Waals surface area contributed by atoms with Crippen LogP contribution >= 0.6 is 12.3 Å². The molecular formula is C58H76N10O18S. The van der Waals surface area contributed by atoms with Crippen LogP contribution in [-0.2, 0) is 44.6 Å². The SMILES string of the molecule is [C-]#[N+]C[C@@H](O)[C@@H]1NC(=O)[C@H]([C@H](O)Cc2ccc(O)c(OSOOO)c2)NC(=O)[C@@H]2C[C@H](O)CN2C(=O)[C@H]([C@H](C)O)NC(=O)[C@@H](NC(=O)c2ccc(-c3ccc(N4CCN(C5CCCCC5)CC4)cc3)cc2)C[C@H](O)CNC(=O)[C@@H]2[C@@H](O)[C@H](C)CN2C1=O. The second-order valence-corrected chi connectivity index (χ2v) is 23.3. The number of carbonyl (C=O) groups excluding carboxylic acids is 7. The molecule has 8 rings (SSSR count). The number of aromatic hydroxyl groups is 1. The van der Waals surface area contributed by atoms with Crippen molar-refractivity contribution >= 4 is 59.4 Å². The number of benzene rings is 3. The Morgan fingerprint density at radius 3 is 2.06 bits per heavy atom. The van der Waals surface area contributed by atoms with Crippen molar-refractivity contribution in [3.63, 3.8) is 0 Å². The summed E-state index contributed by atoms with van der Waals surface area (Å²) in [6.45, 7) is 11.6. The number of nitrogens with zero attached hydrogens (tertiary/aromatic N) is 5. The van der Waals surface area contributed by atoms with E-state index >= 15 is 0 Å². The lowest BCUT2D eigenvalue weighted by Crippen LogP contribution is -2.64. The molecule has 4 saturated heterocycles. The van der Waals surface area contributed by atoms with Crippen molar-refractivity contribution in [1.29, 1.82) is 0 Å². The van der Waals surface area contributed by atoms with Gasteiger partial charge in [0.1, 0.15) is 36.3 Å². The first-order chi connectivity index (χ1) is 41.6. The van der Waals surface area contributed by atoms with Crippen LogP contribution in [-0.4, -0.2) is 228 Å². The number of phenolic OH excluding ortho intramolecular Hbond substituents is 1. The molecule has 4 aliphatic heterocycles. The van der Waals surface area contributed by atoms with Crippen LogP contribution in [0.5, 0.6) is 11.5 Å². The highest BCUT2D eigenvalue weighted by molar-refractivity contribution is 7.90. The quantitative estimate of drug-likeness (QED) is 0.0278. The van der Waals surface area contributed by atoms with Gasteiger partial charge < -0.3 is 86.1 Å². The summed E-state index contributed by atoms with van der Waals surface area (Å²) < 4.78 is 9.32. The van der Waals surface area contributed by atoms with E-state index in [1.807, 2.05) is 12.1 Å². The predicted octanol–water partition coefficient (Wildman–Crippen LogP) is -1.26. The second kappa shape index (κ2) is 30.1. The second-order valence-electron chi connectivity index (χ2n) is 22.9. The summed E-state index contributed by atoms with van der Waals surface area (Å²) in [5, 5.41) is 103. The van der Waals surface area contributed by atoms with Gasteiger partial charge in [-0.15, -0.1) is 0 Å². The molecule has 13 N–H and O–H groups in total. The molecule has 0 bridgehead atoms. The molecule has 0 spiro atoms. The fraction of sp³-hybridized carbons (Fsp3) is 0.552. The number of anilines is 1. The summed E-state index contributed by atoms with van der Waals surface area (Å²) in [7, 11) is 0. The first-order valence-electron chi connectivity index (χ1n) is 29.0. The van der Waals surface area contributed by atoms with Gasteiger partial charge in [-0.2, -0.15) is 0 Å². The van der Waals surface area contributed by atoms with Crippen LogP contribution in [0.2, 0.25) is 0 Å². The van der Waals surface area contributed by atoms with E-state index in [0.717, 1.165) is 65.8 Å². The number of aliphatic hydroxyl groups is 6. The highest BCUT2D eigenvalue weighted by Gasteiger charge is 2.50. The molecule has 5 aliphatic rings. The van der Waals surface area contributed by atoms with E-state index in [4.69, 9.17) is 16.0 Å². The lowest BCUT2D eigenvalue weighted by atomic mass is 9.94. The summed E-state index contributed by atoms with van der Waals surface area (Å²) in [5.74, 6) is -9.45. The highest BCUT2D eigenvalue weighted by atomic mass is 32.2. The standard InChI is InChI=1S/C58H76N10O18S/c1-31-29-68-50(51(31)75)56(80)60-27-39(70)25-41(61-52(76)36-12-10-34(11-13-36)35-14-16-38(17-15-35)66-21-19-65(20-22-66)37-7-5-4-6-8-37)53(77)62-47(32(2)69)57(81)67-30-40(71)26-42(67)54(78)63-48(55(79)64-49(58(68)82)45(74)28-59-3)44(73)23-33-9-18-43(72)46(24-33)84-87-86-85-83/h9-18,24,31-32,37,39-42,44-45,47-51,69-75,83H,4-8,19-23,25-30H2,1-2H3,(H,60,80)(H,61,76)(H,62,77)(H,63,78)(H,64,79)/t31-,32+,39+,40+,41+,42+,44-,45-,47+,48+,49+,50+,51+/m1/s1. The van der Waals surface area contributed by atoms with E-state index in [1.54, 1.807) is 12.1 Å². The maximum atomic E-state index is 14.6. The Labute approximate surface area is 506 Å². The first-order valence-corrected chi connectivity index (χ1v) is 29.7. The molecule has 0 aromatic heterocycles. The van der Waals surface area contributed by atoms with Gasteiger partial charge in [0.2, 0.25) is 42.0 Å². The summed E-state index contributed by atoms with van der Waals surface area (Å²) in [6, 6.07) is 7.55. The van der Waals surface area contributed by atoms with Crippen LogP contribution < -0.4 is 35.7 Å². The van der Waals surface area contributed by atoms with Gasteiger partial charge in [0.25, 0.3) is 18.2 Å². The van der Waals surface area contributed by atoms with Crippen molar-refractivity contribution in [1.82, 2.24) is 41.3 Å². The lowest BCUT2D eigenvalue weighted by Gasteiger charge is -2.41. The molecule has 3 aromatic rings. The van der Waals surface area contributed by atoms with Crippen molar-refractivity contribution in [3.05, 3.63) is 89.3 Å². The van der Waals surface area contributed by atoms with Gasteiger partial charge in [0.15, 0.2) is 17.6 Å². The summed E-state index contributed by atoms with van der Waals surface area (Å²) >= 11 is 0.0750. The number of rotatable bonds is 15. The molecular weight excluding hydrogens is 1160 g/mol. The number of β-amino-alcohol motifs (C(OH)–C–C–N with tert-alkyl or cyclic N) is 1. The molecule has 472 valence electrons. The maximum absolute atomic E-state index is 14.6. The Bertz CT molecular complexity index is 2950. The molecule has 0 unspecified atom stereocenters. The molecule has 1 saturated carbocycles. The Balaban J connectivity index is 1.06. The van der Waals surface area contributed by atoms with Gasteiger partial charge in [-0.1, -0.05) is 65.9 Å². The molecule has 3 aromatic carbocycles. The zero-order valence-corrected chi connectivity index (χ0v) is 48.9. The van der Waals surface area contributed by atoms with Crippen LogP contribution in [0.3, 0.4) is 0 Å². The third-order valence-corrected chi connectivity index (χ3v) is 17.2. The van der Waals surface area contributed by atoms with Gasteiger partial charge in [-0.05, 0) is 72.9 Å². The van der Waals surface area contributed by atoms with Crippen LogP contribution in [0.1, 0.15) is 74.7 Å². The van der Waals surface area contributed by atoms with E-state index in [2.05, 4.69) is 62.7 Å². The van der Waals surface area contributed by atoms with Gasteiger partial charge >= 0.3 is 0 Å². The maximum Gasteiger partial charge on any atom is 0.261 e. The Morgan fingerprint density at radius 2 is 1.40 bits per heavy atom. The Kier molecular flexibility index (Phi) is 22.8. The average Bonchev–Trinajstić information content (AvgIpc) is 2.06. The largest absolute Gasteiger partial charge is 0.504 e. The molecule has 1 aliphatic carbocycles. The third kappa shape index (κ3) is 16.3. The fourth-order valence-corrected chi connectivity index (χ4v) is 12.3. The third-order valence-electron chi connectivity index (χ3n) is 16.8. The van der Waals surface area contributed by atoms with E-state index in [0.29, 0.717) is 6.04 Å². The van der Waals surface area contributed by atoms with Crippen molar-refractivity contribution in [2.45, 2.75) is 144 Å². The van der Waals surface area contributed by atoms with Crippen molar-refractivity contribution in [3.8, 4) is 22.6 Å². The normalized spacial score (nSPS) is 27.9. The molecule has 28 nitrogen and oxygen atoms in total. The monoisotopic (exact) mass is 1230 g/mol. The number of hydrogen-bond donors (Lipinski definition) is 13. The number of phenols is 1. The zero-order valence-electron chi connectivity index (χ0n) is 48.1. The molecule has 4 heterocycles. The molecule has 7 amide bonds. The zero-order chi connectivity index (χ0) is 62.6. The van der Waals surface area contributed by atoms with Gasteiger partial charge in [-0.3, -0.25) is 38.5 Å². The molecule has 0 radical (unpaired) electrons. The smallest absolute Gasteiger partial charge is 0.261 e. The number of fused-ring (bicyclic) bond motifs is 2. The lowest BCUT2D eigenvalue weighted by molar-refractivity contribution is -0.433. The van der Waals surface area contributed by atoms with Crippen molar-refractivity contribution in [2.75, 3.05) is 57.3 Å². The van der Waals surface area contributed by atoms with Crippen LogP contribution in [0.25, 0.3) is 16.0 Å². The highest BCUT2D eigenvalue weighted by Crippen LogP contribution is 2.32. The van der Waals surface area contributed by atoms with Gasteiger partial charge in [-0.25, -0.2) is 11.8 Å². The van der Waals surface area contributed by atoms with Crippen LogP contribution in [0, 0.1) is 12.5 Å². The van der Waals surface area contributed by atoms with Crippen LogP contribution in [0.15, 0.2) is 66.7 Å². The van der Waals surface area contributed by atoms with Crippen molar-refractivity contribution in [2.24, 2.45) is 5.92 Å². The summed E-state index contributed by atoms with van der Waals surface area (Å²) in [4.78, 5) is 111. The Hall–Kier alpha value is -7.21. The fourth-order valence-electron chi connectivity index (χ4n) is 12.0. The average molecular weight is 1230 g/mol. The minimum atomic E-state index is -2.14. The minimum Gasteiger partial charge on any atom is -0.504 e. The number of carbonyl (C=O) groups is 7. The van der Waals surface area contributed by atoms with E-state index < -0.39 is 165 Å². The van der Waals surface area contributed by atoms with Crippen molar-refractivity contribution < 1.29 is 88.1 Å². The molecule has 29 heteroatoms. The van der Waals surface area contributed by atoms with E-state index in [1.165, 1.54) is 63.3 Å². The number of hydrogen-bond acceptors (Lipinski definition) is 21. The minimum absolute atomic E-state index is 0.0750. The van der Waals surface area contributed by atoms with Crippen LogP contribution in [0.4, 0.5) is 5.69 Å². The molecule has 87 heavy (non-hydrogen) atoms. The first kappa shape index (κ1) is 65.8. The van der Waals surface area contributed by atoms with Gasteiger partial charge in [0.05, 0.1) is 30.5 Å². The summed E-state index contributed by atoms with van der Waals surface area (Å²) in [5.41, 5.74) is 2.96. The number of piperazine rings is 1. The Morgan fingerprint density at radius 1 is 0.759 bits per heavy atom. The number of nitrogens with one attached hydrogen (secondary N) is 5. The molecule has 13 atom stereocenters. The van der Waals surface area contributed by atoms with Gasteiger partial charge in [0, 0.05) is 88.3 Å². The summed E-state index contributed by atoms with van der Waals surface area (Å²) in [6.07, 6.45) is -5.73. The predicted molar refractivity (Wildman–Crippen MR) is 310 cm³/mol. The number of amides is 7. The topological polar surface area (TPSA) is 386 Å². The number of aliphatic hydroxyl groups excluding tert-OH is 6. The van der Waals surface area contributed by atoms with E-state index in [-0.39, 0.29) is 35.7 Å². The van der Waals surface area contributed by atoms with E-state index in [9.17, 15) is 69.3 Å². The molecule has 5 fully saturated rings.